The summed E-state index contributed by atoms with van der Waals surface area (Å²) in [5, 5.41) is 4.08. The molecule has 2 aromatic rings. The first-order valence-corrected chi connectivity index (χ1v) is 4.76. The van der Waals surface area contributed by atoms with E-state index in [0.717, 1.165) is 11.3 Å². The molecule has 74 valence electrons. The van der Waals surface area contributed by atoms with Gasteiger partial charge in [-0.3, -0.25) is 9.67 Å². The monoisotopic (exact) mass is 189 g/mol. The van der Waals surface area contributed by atoms with Crippen molar-refractivity contribution in [3.8, 4) is 11.3 Å². The van der Waals surface area contributed by atoms with Crippen molar-refractivity contribution in [2.75, 3.05) is 0 Å². The van der Waals surface area contributed by atoms with Crippen molar-refractivity contribution in [1.29, 1.82) is 0 Å². The molecule has 0 bridgehead atoms. The smallest absolute Gasteiger partial charge is 0.0694 e. The fourth-order valence-electron chi connectivity index (χ4n) is 1.17. The second-order valence-electron chi connectivity index (χ2n) is 2.58. The summed E-state index contributed by atoms with van der Waals surface area (Å²) < 4.78 is 1.83. The molecule has 0 aromatic carbocycles. The van der Waals surface area contributed by atoms with Gasteiger partial charge in [-0.1, -0.05) is 13.8 Å². The van der Waals surface area contributed by atoms with Gasteiger partial charge in [0.1, 0.15) is 0 Å². The number of aryl methyl sites for hydroxylation is 1. The average molecular weight is 189 g/mol. The van der Waals surface area contributed by atoms with Crippen LogP contribution in [0.15, 0.2) is 36.8 Å². The van der Waals surface area contributed by atoms with Gasteiger partial charge < -0.3 is 0 Å². The van der Waals surface area contributed by atoms with Crippen LogP contribution in [0.2, 0.25) is 0 Å². The second-order valence-corrected chi connectivity index (χ2v) is 2.58. The van der Waals surface area contributed by atoms with E-state index >= 15 is 0 Å². The van der Waals surface area contributed by atoms with Gasteiger partial charge in [0, 0.05) is 31.2 Å². The Bertz CT molecular complexity index is 365. The van der Waals surface area contributed by atoms with Crippen LogP contribution in [-0.4, -0.2) is 14.8 Å². The maximum Gasteiger partial charge on any atom is 0.0694 e. The fraction of sp³-hybridized carbons (Fsp3) is 0.273. The zero-order chi connectivity index (χ0) is 10.4. The Morgan fingerprint density at radius 2 is 1.93 bits per heavy atom. The van der Waals surface area contributed by atoms with Gasteiger partial charge >= 0.3 is 0 Å². The second kappa shape index (κ2) is 5.17. The topological polar surface area (TPSA) is 30.7 Å². The van der Waals surface area contributed by atoms with E-state index in [9.17, 15) is 0 Å². The minimum absolute atomic E-state index is 1.09. The molecule has 2 rings (SSSR count). The lowest BCUT2D eigenvalue weighted by atomic mass is 10.2. The van der Waals surface area contributed by atoms with Crippen molar-refractivity contribution in [2.24, 2.45) is 7.05 Å². The van der Waals surface area contributed by atoms with Gasteiger partial charge in [-0.2, -0.15) is 5.10 Å². The Hall–Kier alpha value is -1.64. The molecule has 3 nitrogen and oxygen atoms in total. The van der Waals surface area contributed by atoms with Crippen molar-refractivity contribution in [2.45, 2.75) is 13.8 Å². The summed E-state index contributed by atoms with van der Waals surface area (Å²) in [6, 6.07) is 5.91. The van der Waals surface area contributed by atoms with Crippen LogP contribution in [0.4, 0.5) is 0 Å². The minimum atomic E-state index is 1.09. The highest BCUT2D eigenvalue weighted by atomic mass is 15.3. The third kappa shape index (κ3) is 2.19. The zero-order valence-electron chi connectivity index (χ0n) is 8.81. The van der Waals surface area contributed by atoms with Crippen LogP contribution >= 0.6 is 0 Å². The van der Waals surface area contributed by atoms with Crippen molar-refractivity contribution >= 4 is 0 Å². The Balaban J connectivity index is 0.000000461. The van der Waals surface area contributed by atoms with Crippen molar-refractivity contribution in [3.05, 3.63) is 36.8 Å². The van der Waals surface area contributed by atoms with E-state index in [4.69, 9.17) is 0 Å². The maximum atomic E-state index is 4.08. The number of rotatable bonds is 1. The van der Waals surface area contributed by atoms with Crippen molar-refractivity contribution in [1.82, 2.24) is 14.8 Å². The van der Waals surface area contributed by atoms with Gasteiger partial charge in [0.15, 0.2) is 0 Å². The van der Waals surface area contributed by atoms with Gasteiger partial charge in [-0.05, 0) is 18.2 Å². The van der Waals surface area contributed by atoms with Crippen LogP contribution in [0, 0.1) is 0 Å². The fourth-order valence-corrected chi connectivity index (χ4v) is 1.17. The third-order valence-electron chi connectivity index (χ3n) is 1.78. The highest BCUT2D eigenvalue weighted by Gasteiger charge is 1.99. The van der Waals surface area contributed by atoms with Crippen molar-refractivity contribution in [3.63, 3.8) is 0 Å². The summed E-state index contributed by atoms with van der Waals surface area (Å²) in [6.07, 6.45) is 5.37. The Morgan fingerprint density at radius 3 is 2.43 bits per heavy atom. The first-order valence-electron chi connectivity index (χ1n) is 4.76. The number of aromatic nitrogens is 3. The van der Waals surface area contributed by atoms with Gasteiger partial charge in [-0.25, -0.2) is 0 Å². The first-order chi connectivity index (χ1) is 6.88. The molecule has 2 heterocycles. The van der Waals surface area contributed by atoms with E-state index in [0.29, 0.717) is 0 Å². The predicted molar refractivity (Wildman–Crippen MR) is 57.8 cm³/mol. The van der Waals surface area contributed by atoms with E-state index in [-0.39, 0.29) is 0 Å². The molecule has 14 heavy (non-hydrogen) atoms. The third-order valence-corrected chi connectivity index (χ3v) is 1.78. The largest absolute Gasteiger partial charge is 0.268 e. The van der Waals surface area contributed by atoms with Crippen LogP contribution in [0.25, 0.3) is 11.3 Å². The van der Waals surface area contributed by atoms with E-state index < -0.39 is 0 Å². The Kier molecular flexibility index (Phi) is 3.85. The first kappa shape index (κ1) is 10.4. The highest BCUT2D eigenvalue weighted by Crippen LogP contribution is 2.15. The molecule has 0 fully saturated rings. The molecule has 0 atom stereocenters. The predicted octanol–water partition coefficient (Wildman–Crippen LogP) is 2.51. The minimum Gasteiger partial charge on any atom is -0.268 e. The summed E-state index contributed by atoms with van der Waals surface area (Å²) in [6.45, 7) is 4.00. The highest BCUT2D eigenvalue weighted by molar-refractivity contribution is 5.57. The van der Waals surface area contributed by atoms with Gasteiger partial charge in [0.05, 0.1) is 5.69 Å². The van der Waals surface area contributed by atoms with E-state index in [2.05, 4.69) is 10.1 Å². The van der Waals surface area contributed by atoms with E-state index in [1.807, 2.05) is 50.0 Å². The molecule has 0 N–H and O–H groups in total. The normalized spacial score (nSPS) is 9.07. The molecule has 0 aliphatic carbocycles. The molecular formula is C11H15N3. The molecule has 0 amide bonds. The van der Waals surface area contributed by atoms with E-state index in [1.165, 1.54) is 0 Å². The quantitative estimate of drug-likeness (QED) is 0.690. The Labute approximate surface area is 84.4 Å². The number of hydrogen-bond acceptors (Lipinski definition) is 2. The van der Waals surface area contributed by atoms with Crippen LogP contribution in [0.3, 0.4) is 0 Å². The molecule has 2 aromatic heterocycles. The summed E-state index contributed by atoms with van der Waals surface area (Å²) in [5.41, 5.74) is 2.18. The van der Waals surface area contributed by atoms with Crippen LogP contribution in [0.5, 0.6) is 0 Å². The molecule has 0 radical (unpaired) electrons. The Morgan fingerprint density at radius 1 is 1.14 bits per heavy atom. The SMILES string of the molecule is CC.Cn1nccc1-c1cccnc1. The maximum absolute atomic E-state index is 4.08. The van der Waals surface area contributed by atoms with Crippen LogP contribution in [0.1, 0.15) is 13.8 Å². The molecule has 0 aliphatic heterocycles. The number of pyridine rings is 1. The molecular weight excluding hydrogens is 174 g/mol. The van der Waals surface area contributed by atoms with E-state index in [1.54, 1.807) is 12.4 Å². The lowest BCUT2D eigenvalue weighted by Gasteiger charge is -1.99. The summed E-state index contributed by atoms with van der Waals surface area (Å²) in [5.74, 6) is 0. The number of hydrogen-bond donors (Lipinski definition) is 0. The standard InChI is InChI=1S/C9H9N3.C2H6/c1-12-9(4-6-11-12)8-3-2-5-10-7-8;1-2/h2-7H,1H3;1-2H3. The molecule has 3 heteroatoms. The molecule has 0 unspecified atom stereocenters. The van der Waals surface area contributed by atoms with Crippen LogP contribution in [-0.2, 0) is 7.05 Å². The summed E-state index contributed by atoms with van der Waals surface area (Å²) in [4.78, 5) is 4.04. The molecule has 0 saturated carbocycles. The molecule has 0 spiro atoms. The lowest BCUT2D eigenvalue weighted by molar-refractivity contribution is 0.775. The summed E-state index contributed by atoms with van der Waals surface area (Å²) in [7, 11) is 1.92. The average Bonchev–Trinajstić information content (AvgIpc) is 2.69. The number of nitrogens with zero attached hydrogens (tertiary/aromatic N) is 3. The molecule has 0 saturated heterocycles. The van der Waals surface area contributed by atoms with Crippen LogP contribution < -0.4 is 0 Å². The molecule has 0 aliphatic rings. The lowest BCUT2D eigenvalue weighted by Crippen LogP contribution is -1.92. The van der Waals surface area contributed by atoms with Gasteiger partial charge in [0.25, 0.3) is 0 Å². The van der Waals surface area contributed by atoms with Gasteiger partial charge in [0.2, 0.25) is 0 Å². The van der Waals surface area contributed by atoms with Gasteiger partial charge in [-0.15, -0.1) is 0 Å². The zero-order valence-corrected chi connectivity index (χ0v) is 8.81. The summed E-state index contributed by atoms with van der Waals surface area (Å²) >= 11 is 0. The van der Waals surface area contributed by atoms with Crippen molar-refractivity contribution < 1.29 is 0 Å².